The Bertz CT molecular complexity index is 1320. The molecule has 1 atom stereocenters. The number of nitrogens with zero attached hydrogens (tertiary/aromatic N) is 3. The van der Waals surface area contributed by atoms with Gasteiger partial charge in [0, 0.05) is 17.5 Å². The van der Waals surface area contributed by atoms with Crippen LogP contribution in [-0.4, -0.2) is 27.6 Å². The minimum Gasteiger partial charge on any atom is -0.492 e. The molecule has 3 aromatic heterocycles. The summed E-state index contributed by atoms with van der Waals surface area (Å²) in [6.07, 6.45) is 3.43. The van der Waals surface area contributed by atoms with Gasteiger partial charge in [0.2, 0.25) is 0 Å². The fourth-order valence-corrected chi connectivity index (χ4v) is 4.95. The van der Waals surface area contributed by atoms with Gasteiger partial charge in [-0.1, -0.05) is 5.16 Å². The van der Waals surface area contributed by atoms with Crippen LogP contribution in [0.25, 0.3) is 27.2 Å². The molecule has 1 N–H and O–H groups in total. The summed E-state index contributed by atoms with van der Waals surface area (Å²) in [6, 6.07) is 18.2. The average Bonchev–Trinajstić information content (AvgIpc) is 3.57. The number of benzene rings is 2. The van der Waals surface area contributed by atoms with E-state index in [0.717, 1.165) is 37.2 Å². The van der Waals surface area contributed by atoms with E-state index in [9.17, 15) is 4.39 Å². The second-order valence-electron chi connectivity index (χ2n) is 7.18. The van der Waals surface area contributed by atoms with E-state index >= 15 is 0 Å². The molecule has 32 heavy (non-hydrogen) atoms. The minimum atomic E-state index is -0.267. The zero-order valence-corrected chi connectivity index (χ0v) is 18.7. The zero-order chi connectivity index (χ0) is 21.9. The number of thiophene rings is 1. The van der Waals surface area contributed by atoms with Gasteiger partial charge in [-0.25, -0.2) is 9.07 Å². The number of aromatic nitrogens is 3. The molecule has 0 amide bonds. The standard InChI is InChI=1S/C23H19FN4O2S2/c1-15(27-32-23-9-8-22(31-23)21-10-11-26-30-21)14-29-19-6-7-20-16(12-19)13-25-28(20)18-4-2-17(24)3-5-18/h2-13,15,27H,14H2,1H3. The van der Waals surface area contributed by atoms with E-state index in [2.05, 4.69) is 28.0 Å². The minimum absolute atomic E-state index is 0.133. The molecule has 5 rings (SSSR count). The summed E-state index contributed by atoms with van der Waals surface area (Å²) in [5, 5.41) is 9.13. The van der Waals surface area contributed by atoms with Gasteiger partial charge in [-0.05, 0) is 73.5 Å². The van der Waals surface area contributed by atoms with E-state index in [-0.39, 0.29) is 11.9 Å². The van der Waals surface area contributed by atoms with Gasteiger partial charge >= 0.3 is 0 Å². The number of fused-ring (bicyclic) bond motifs is 1. The van der Waals surface area contributed by atoms with Crippen LogP contribution in [0.4, 0.5) is 4.39 Å². The van der Waals surface area contributed by atoms with Gasteiger partial charge in [0.1, 0.15) is 18.2 Å². The highest BCUT2D eigenvalue weighted by atomic mass is 32.2. The lowest BCUT2D eigenvalue weighted by molar-refractivity contribution is 0.290. The van der Waals surface area contributed by atoms with E-state index in [1.807, 2.05) is 30.3 Å². The van der Waals surface area contributed by atoms with Crippen LogP contribution < -0.4 is 9.46 Å². The van der Waals surface area contributed by atoms with Crippen molar-refractivity contribution in [2.75, 3.05) is 6.61 Å². The van der Waals surface area contributed by atoms with Crippen molar-refractivity contribution in [1.82, 2.24) is 19.7 Å². The first-order valence-corrected chi connectivity index (χ1v) is 11.6. The molecule has 1 unspecified atom stereocenters. The number of hydrogen-bond donors (Lipinski definition) is 1. The Morgan fingerprint density at radius 2 is 2.03 bits per heavy atom. The summed E-state index contributed by atoms with van der Waals surface area (Å²) < 4.78 is 30.7. The van der Waals surface area contributed by atoms with Gasteiger partial charge in [-0.15, -0.1) is 11.3 Å². The normalized spacial score (nSPS) is 12.3. The maximum Gasteiger partial charge on any atom is 0.176 e. The highest BCUT2D eigenvalue weighted by Gasteiger charge is 2.10. The molecule has 0 saturated carbocycles. The van der Waals surface area contributed by atoms with Crippen molar-refractivity contribution in [3.8, 4) is 22.1 Å². The number of nitrogens with one attached hydrogen (secondary N) is 1. The van der Waals surface area contributed by atoms with Gasteiger partial charge < -0.3 is 9.26 Å². The van der Waals surface area contributed by atoms with Gasteiger partial charge in [0.15, 0.2) is 5.76 Å². The van der Waals surface area contributed by atoms with Crippen LogP contribution in [0.3, 0.4) is 0 Å². The summed E-state index contributed by atoms with van der Waals surface area (Å²) in [5.41, 5.74) is 1.75. The quantitative estimate of drug-likeness (QED) is 0.285. The highest BCUT2D eigenvalue weighted by Crippen LogP contribution is 2.32. The maximum absolute atomic E-state index is 13.2. The molecule has 0 aliphatic rings. The summed E-state index contributed by atoms with van der Waals surface area (Å²) >= 11 is 3.22. The first-order chi connectivity index (χ1) is 15.7. The van der Waals surface area contributed by atoms with Crippen LogP contribution >= 0.6 is 23.3 Å². The molecule has 0 spiro atoms. The molecule has 9 heteroatoms. The zero-order valence-electron chi connectivity index (χ0n) is 17.1. The van der Waals surface area contributed by atoms with Crippen LogP contribution in [0.5, 0.6) is 5.75 Å². The van der Waals surface area contributed by atoms with E-state index in [0.29, 0.717) is 6.61 Å². The molecule has 5 aromatic rings. The Labute approximate surface area is 192 Å². The monoisotopic (exact) mass is 466 g/mol. The molecule has 0 fully saturated rings. The predicted octanol–water partition coefficient (Wildman–Crippen LogP) is 5.95. The van der Waals surface area contributed by atoms with E-state index < -0.39 is 0 Å². The number of hydrogen-bond acceptors (Lipinski definition) is 7. The molecule has 0 aliphatic carbocycles. The molecule has 0 bridgehead atoms. The molecule has 6 nitrogen and oxygen atoms in total. The lowest BCUT2D eigenvalue weighted by Gasteiger charge is -2.14. The van der Waals surface area contributed by atoms with Crippen molar-refractivity contribution in [3.05, 3.63) is 78.9 Å². The maximum atomic E-state index is 13.2. The molecule has 0 radical (unpaired) electrons. The van der Waals surface area contributed by atoms with Crippen LogP contribution in [-0.2, 0) is 0 Å². The molecule has 0 saturated heterocycles. The molecular formula is C23H19FN4O2S2. The third kappa shape index (κ3) is 4.55. The van der Waals surface area contributed by atoms with Crippen LogP contribution in [0, 0.1) is 5.82 Å². The fourth-order valence-electron chi connectivity index (χ4n) is 3.15. The van der Waals surface area contributed by atoms with Crippen molar-refractivity contribution < 1.29 is 13.7 Å². The third-order valence-corrected chi connectivity index (χ3v) is 6.99. The first-order valence-electron chi connectivity index (χ1n) is 9.95. The average molecular weight is 467 g/mol. The summed E-state index contributed by atoms with van der Waals surface area (Å²) in [4.78, 5) is 1.05. The van der Waals surface area contributed by atoms with E-state index in [1.54, 1.807) is 52.5 Å². The van der Waals surface area contributed by atoms with Crippen molar-refractivity contribution in [3.63, 3.8) is 0 Å². The molecule has 162 valence electrons. The summed E-state index contributed by atoms with van der Waals surface area (Å²) in [7, 11) is 0. The lowest BCUT2D eigenvalue weighted by Crippen LogP contribution is -2.26. The SMILES string of the molecule is CC(COc1ccc2c(cnn2-c2ccc(F)cc2)c1)NSc1ccc(-c2ccno2)s1. The van der Waals surface area contributed by atoms with Crippen molar-refractivity contribution in [2.45, 2.75) is 17.2 Å². The van der Waals surface area contributed by atoms with E-state index in [1.165, 1.54) is 12.1 Å². The predicted molar refractivity (Wildman–Crippen MR) is 125 cm³/mol. The fraction of sp³-hybridized carbons (Fsp3) is 0.130. The van der Waals surface area contributed by atoms with Gasteiger partial charge in [-0.2, -0.15) is 5.10 Å². The van der Waals surface area contributed by atoms with Crippen LogP contribution in [0.1, 0.15) is 6.92 Å². The van der Waals surface area contributed by atoms with Crippen molar-refractivity contribution in [2.24, 2.45) is 0 Å². The van der Waals surface area contributed by atoms with Gasteiger partial charge in [-0.3, -0.25) is 4.72 Å². The lowest BCUT2D eigenvalue weighted by atomic mass is 10.2. The molecule has 2 aromatic carbocycles. The first kappa shape index (κ1) is 20.7. The second-order valence-corrected chi connectivity index (χ2v) is 9.40. The molecule has 3 heterocycles. The molecule has 0 aliphatic heterocycles. The summed E-state index contributed by atoms with van der Waals surface area (Å²) in [6.45, 7) is 2.59. The number of rotatable bonds is 8. The molecular weight excluding hydrogens is 447 g/mol. The van der Waals surface area contributed by atoms with Crippen molar-refractivity contribution >= 4 is 34.2 Å². The third-order valence-electron chi connectivity index (χ3n) is 4.73. The number of ether oxygens (including phenoxy) is 1. The highest BCUT2D eigenvalue weighted by molar-refractivity contribution is 7.99. The summed E-state index contributed by atoms with van der Waals surface area (Å²) in [5.74, 6) is 1.28. The Morgan fingerprint density at radius 1 is 1.16 bits per heavy atom. The second kappa shape index (κ2) is 9.15. The Morgan fingerprint density at radius 3 is 2.84 bits per heavy atom. The van der Waals surface area contributed by atoms with Crippen LogP contribution in [0.15, 0.2) is 81.8 Å². The van der Waals surface area contributed by atoms with E-state index in [4.69, 9.17) is 9.26 Å². The smallest absolute Gasteiger partial charge is 0.176 e. The van der Waals surface area contributed by atoms with Gasteiger partial charge in [0.25, 0.3) is 0 Å². The Hall–Kier alpha value is -3.14. The number of halogens is 1. The topological polar surface area (TPSA) is 65.1 Å². The Kier molecular flexibility index (Phi) is 5.93. The van der Waals surface area contributed by atoms with Crippen molar-refractivity contribution in [1.29, 1.82) is 0 Å². The van der Waals surface area contributed by atoms with Crippen LogP contribution in [0.2, 0.25) is 0 Å². The largest absolute Gasteiger partial charge is 0.492 e. The Balaban J connectivity index is 1.17. The van der Waals surface area contributed by atoms with Gasteiger partial charge in [0.05, 0.1) is 32.7 Å².